The third kappa shape index (κ3) is 2.63. The largest absolute Gasteiger partial charge is 0.360 e. The number of benzene rings is 2. The fraction of sp³-hybridized carbons (Fsp3) is 0.250. The molecule has 0 radical (unpaired) electrons. The lowest BCUT2D eigenvalue weighted by Gasteiger charge is -2.42. The molecule has 0 N–H and O–H groups in total. The third-order valence-corrected chi connectivity index (χ3v) is 4.30. The minimum Gasteiger partial charge on any atom is -0.360 e. The highest BCUT2D eigenvalue weighted by atomic mass is 35.6. The van der Waals surface area contributed by atoms with Gasteiger partial charge in [-0.25, -0.2) is 0 Å². The Morgan fingerprint density at radius 2 is 1.55 bits per heavy atom. The topological polar surface area (TPSA) is 3.24 Å². The summed E-state index contributed by atoms with van der Waals surface area (Å²) in [5.41, 5.74) is 3.44. The van der Waals surface area contributed by atoms with Gasteiger partial charge in [-0.15, -0.1) is 0 Å². The van der Waals surface area contributed by atoms with Gasteiger partial charge in [0.2, 0.25) is 3.79 Å². The highest BCUT2D eigenvalue weighted by Crippen LogP contribution is 2.48. The molecule has 0 aliphatic carbocycles. The van der Waals surface area contributed by atoms with Gasteiger partial charge in [-0.05, 0) is 29.7 Å². The average Bonchev–Trinajstić information content (AvgIpc) is 2.46. The van der Waals surface area contributed by atoms with Gasteiger partial charge in [0.05, 0.1) is 0 Å². The van der Waals surface area contributed by atoms with Gasteiger partial charge in [-0.2, -0.15) is 0 Å². The van der Waals surface area contributed by atoms with Crippen LogP contribution in [0.5, 0.6) is 0 Å². The van der Waals surface area contributed by atoms with E-state index in [2.05, 4.69) is 29.2 Å². The van der Waals surface area contributed by atoms with Crippen molar-refractivity contribution < 1.29 is 0 Å². The van der Waals surface area contributed by atoms with Crippen LogP contribution in [0, 0.1) is 0 Å². The van der Waals surface area contributed by atoms with Gasteiger partial charge in [-0.1, -0.05) is 77.3 Å². The van der Waals surface area contributed by atoms with Crippen LogP contribution in [-0.2, 0) is 6.42 Å². The molecule has 1 atom stereocenters. The fourth-order valence-corrected chi connectivity index (χ4v) is 3.52. The lowest BCUT2D eigenvalue weighted by atomic mass is 9.93. The lowest BCUT2D eigenvalue weighted by molar-refractivity contribution is 0.591. The number of hydrogen-bond acceptors (Lipinski definition) is 1. The second-order valence-corrected chi connectivity index (χ2v) is 7.29. The first-order valence-corrected chi connectivity index (χ1v) is 7.67. The standard InChI is InChI=1S/C16H14Cl3N/c17-16(18,19)15-14-9-5-4-6-12(14)10-11-20(15)13-7-2-1-3-8-13/h1-9,15H,10-11H2. The molecule has 1 unspecified atom stereocenters. The van der Waals surface area contributed by atoms with E-state index in [-0.39, 0.29) is 6.04 Å². The van der Waals surface area contributed by atoms with E-state index in [0.717, 1.165) is 24.2 Å². The van der Waals surface area contributed by atoms with E-state index < -0.39 is 3.79 Å². The minimum atomic E-state index is -1.37. The maximum absolute atomic E-state index is 6.27. The highest BCUT2D eigenvalue weighted by Gasteiger charge is 2.41. The highest BCUT2D eigenvalue weighted by molar-refractivity contribution is 6.68. The number of rotatable bonds is 1. The Balaban J connectivity index is 2.09. The lowest BCUT2D eigenvalue weighted by Crippen LogP contribution is -2.42. The number of hydrogen-bond donors (Lipinski definition) is 0. The van der Waals surface area contributed by atoms with Crippen LogP contribution in [0.3, 0.4) is 0 Å². The molecule has 1 aliphatic rings. The van der Waals surface area contributed by atoms with Gasteiger partial charge in [0.25, 0.3) is 0 Å². The summed E-state index contributed by atoms with van der Waals surface area (Å²) in [6.45, 7) is 0.847. The van der Waals surface area contributed by atoms with Crippen molar-refractivity contribution in [2.24, 2.45) is 0 Å². The van der Waals surface area contributed by atoms with Crippen LogP contribution in [0.4, 0.5) is 5.69 Å². The second kappa shape index (κ2) is 5.48. The van der Waals surface area contributed by atoms with E-state index in [0.29, 0.717) is 0 Å². The van der Waals surface area contributed by atoms with Crippen molar-refractivity contribution in [3.05, 3.63) is 65.7 Å². The first kappa shape index (κ1) is 14.1. The molecule has 0 fully saturated rings. The van der Waals surface area contributed by atoms with Gasteiger partial charge < -0.3 is 4.90 Å². The first-order chi connectivity index (χ1) is 9.57. The monoisotopic (exact) mass is 325 g/mol. The van der Waals surface area contributed by atoms with Crippen LogP contribution < -0.4 is 4.90 Å². The molecule has 0 bridgehead atoms. The Bertz CT molecular complexity index is 592. The molecular formula is C16H14Cl3N. The molecule has 1 heterocycles. The number of para-hydroxylation sites is 1. The maximum atomic E-state index is 6.27. The summed E-state index contributed by atoms with van der Waals surface area (Å²) in [5.74, 6) is 0. The van der Waals surface area contributed by atoms with Crippen LogP contribution in [0.1, 0.15) is 17.2 Å². The Morgan fingerprint density at radius 1 is 0.900 bits per heavy atom. The summed E-state index contributed by atoms with van der Waals surface area (Å²) in [5, 5.41) is 0. The predicted octanol–water partition coefficient (Wildman–Crippen LogP) is 5.16. The normalized spacial score (nSPS) is 18.8. The van der Waals surface area contributed by atoms with E-state index in [1.54, 1.807) is 0 Å². The SMILES string of the molecule is ClC(Cl)(Cl)C1c2ccccc2CCN1c1ccccc1. The third-order valence-electron chi connectivity index (χ3n) is 3.68. The summed E-state index contributed by atoms with van der Waals surface area (Å²) in [6, 6.07) is 18.0. The molecule has 0 aromatic heterocycles. The summed E-state index contributed by atoms with van der Waals surface area (Å²) in [7, 11) is 0. The Hall–Kier alpha value is -0.890. The average molecular weight is 327 g/mol. The number of fused-ring (bicyclic) bond motifs is 1. The molecule has 3 rings (SSSR count). The van der Waals surface area contributed by atoms with E-state index in [9.17, 15) is 0 Å². The summed E-state index contributed by atoms with van der Waals surface area (Å²) in [4.78, 5) is 2.18. The van der Waals surface area contributed by atoms with E-state index in [4.69, 9.17) is 34.8 Å². The molecule has 1 nitrogen and oxygen atoms in total. The van der Waals surface area contributed by atoms with Gasteiger partial charge in [-0.3, -0.25) is 0 Å². The van der Waals surface area contributed by atoms with Crippen LogP contribution in [0.25, 0.3) is 0 Å². The first-order valence-electron chi connectivity index (χ1n) is 6.53. The minimum absolute atomic E-state index is 0.264. The molecule has 0 saturated carbocycles. The Morgan fingerprint density at radius 3 is 2.25 bits per heavy atom. The van der Waals surface area contributed by atoms with Crippen molar-refractivity contribution in [3.8, 4) is 0 Å². The Labute approximate surface area is 134 Å². The molecular weight excluding hydrogens is 313 g/mol. The zero-order chi connectivity index (χ0) is 14.2. The molecule has 0 amide bonds. The van der Waals surface area contributed by atoms with Crippen LogP contribution in [0.15, 0.2) is 54.6 Å². The molecule has 2 aromatic carbocycles. The quantitative estimate of drug-likeness (QED) is 0.654. The fourth-order valence-electron chi connectivity index (χ4n) is 2.82. The van der Waals surface area contributed by atoms with Crippen molar-refractivity contribution in [1.29, 1.82) is 0 Å². The molecule has 20 heavy (non-hydrogen) atoms. The van der Waals surface area contributed by atoms with E-state index in [1.165, 1.54) is 5.56 Å². The van der Waals surface area contributed by atoms with Crippen molar-refractivity contribution in [3.63, 3.8) is 0 Å². The van der Waals surface area contributed by atoms with Crippen LogP contribution >= 0.6 is 34.8 Å². The van der Waals surface area contributed by atoms with Crippen LogP contribution in [-0.4, -0.2) is 10.3 Å². The van der Waals surface area contributed by atoms with Gasteiger partial charge in [0.1, 0.15) is 6.04 Å². The number of anilines is 1. The molecule has 1 aliphatic heterocycles. The number of nitrogens with zero attached hydrogens (tertiary/aromatic N) is 1. The van der Waals surface area contributed by atoms with Gasteiger partial charge in [0.15, 0.2) is 0 Å². The maximum Gasteiger partial charge on any atom is 0.214 e. The number of alkyl halides is 3. The van der Waals surface area contributed by atoms with E-state index >= 15 is 0 Å². The van der Waals surface area contributed by atoms with Crippen LogP contribution in [0.2, 0.25) is 0 Å². The van der Waals surface area contributed by atoms with E-state index in [1.807, 2.05) is 30.3 Å². The second-order valence-electron chi connectivity index (χ2n) is 4.92. The summed E-state index contributed by atoms with van der Waals surface area (Å²) < 4.78 is -1.37. The van der Waals surface area contributed by atoms with Gasteiger partial charge >= 0.3 is 0 Å². The molecule has 0 spiro atoms. The van der Waals surface area contributed by atoms with Crippen molar-refractivity contribution in [2.45, 2.75) is 16.3 Å². The molecule has 104 valence electrons. The van der Waals surface area contributed by atoms with Crippen molar-refractivity contribution in [1.82, 2.24) is 0 Å². The van der Waals surface area contributed by atoms with Crippen molar-refractivity contribution >= 4 is 40.5 Å². The molecule has 4 heteroatoms. The van der Waals surface area contributed by atoms with Crippen molar-refractivity contribution in [2.75, 3.05) is 11.4 Å². The zero-order valence-electron chi connectivity index (χ0n) is 10.8. The smallest absolute Gasteiger partial charge is 0.214 e. The molecule has 2 aromatic rings. The summed E-state index contributed by atoms with van der Waals surface area (Å²) in [6.07, 6.45) is 0.961. The Kier molecular flexibility index (Phi) is 3.85. The zero-order valence-corrected chi connectivity index (χ0v) is 13.0. The van der Waals surface area contributed by atoms with Gasteiger partial charge in [0, 0.05) is 12.2 Å². The predicted molar refractivity (Wildman–Crippen MR) is 87.0 cm³/mol. The molecule has 0 saturated heterocycles. The number of halogens is 3. The summed E-state index contributed by atoms with van der Waals surface area (Å²) >= 11 is 18.8.